The molecule has 1 N–H and O–H groups in total. The minimum absolute atomic E-state index is 0.0268. The van der Waals surface area contributed by atoms with E-state index in [1.54, 1.807) is 12.1 Å². The van der Waals surface area contributed by atoms with Crippen molar-refractivity contribution in [2.75, 3.05) is 20.2 Å². The van der Waals surface area contributed by atoms with Gasteiger partial charge >= 0.3 is 0 Å². The zero-order valence-corrected chi connectivity index (χ0v) is 16.7. The highest BCUT2D eigenvalue weighted by atomic mass is 32.2. The molecule has 0 aliphatic carbocycles. The predicted molar refractivity (Wildman–Crippen MR) is 105 cm³/mol. The second kappa shape index (κ2) is 9.98. The van der Waals surface area contributed by atoms with Crippen LogP contribution in [0.4, 0.5) is 13.2 Å². The van der Waals surface area contributed by atoms with Gasteiger partial charge in [-0.3, -0.25) is 9.69 Å². The van der Waals surface area contributed by atoms with Gasteiger partial charge in [0.15, 0.2) is 11.6 Å². The lowest BCUT2D eigenvalue weighted by Crippen LogP contribution is -2.44. The van der Waals surface area contributed by atoms with Crippen LogP contribution in [0, 0.1) is 5.82 Å². The molecule has 5 nitrogen and oxygen atoms in total. The summed E-state index contributed by atoms with van der Waals surface area (Å²) in [6, 6.07) is 7.93. The Morgan fingerprint density at radius 2 is 2.10 bits per heavy atom. The number of ether oxygens (including phenoxy) is 1. The molecule has 0 unspecified atom stereocenters. The van der Waals surface area contributed by atoms with Gasteiger partial charge in [0.05, 0.1) is 12.7 Å². The van der Waals surface area contributed by atoms with Crippen molar-refractivity contribution in [1.29, 1.82) is 0 Å². The van der Waals surface area contributed by atoms with Gasteiger partial charge in [0.2, 0.25) is 0 Å². The molecular formula is C20H22F3N3O2S. The molecule has 156 valence electrons. The summed E-state index contributed by atoms with van der Waals surface area (Å²) in [5.41, 5.74) is 1.02. The molecule has 0 spiro atoms. The number of benzene rings is 1. The first-order chi connectivity index (χ1) is 14.0. The molecule has 1 aliphatic heterocycles. The highest BCUT2D eigenvalue weighted by Gasteiger charge is 2.23. The Balaban J connectivity index is 1.52. The van der Waals surface area contributed by atoms with Crippen molar-refractivity contribution in [1.82, 2.24) is 15.2 Å². The Hall–Kier alpha value is -2.26. The number of aromatic nitrogens is 1. The number of pyridine rings is 1. The Kier molecular flexibility index (Phi) is 7.38. The second-order valence-electron chi connectivity index (χ2n) is 6.73. The number of rotatable bonds is 7. The smallest absolute Gasteiger partial charge is 0.290 e. The van der Waals surface area contributed by atoms with Gasteiger partial charge in [-0.05, 0) is 54.4 Å². The number of piperidine rings is 1. The van der Waals surface area contributed by atoms with Crippen LogP contribution in [0.15, 0.2) is 41.6 Å². The van der Waals surface area contributed by atoms with Crippen LogP contribution in [0.3, 0.4) is 0 Å². The van der Waals surface area contributed by atoms with Crippen molar-refractivity contribution in [3.63, 3.8) is 0 Å². The number of hydrogen-bond acceptors (Lipinski definition) is 5. The maximum atomic E-state index is 13.8. The third-order valence-electron chi connectivity index (χ3n) is 4.76. The first-order valence-corrected chi connectivity index (χ1v) is 10.1. The van der Waals surface area contributed by atoms with Crippen molar-refractivity contribution in [2.24, 2.45) is 0 Å². The quantitative estimate of drug-likeness (QED) is 0.681. The fraction of sp³-hybridized carbons (Fsp3) is 0.400. The van der Waals surface area contributed by atoms with Crippen molar-refractivity contribution >= 4 is 17.7 Å². The lowest BCUT2D eigenvalue weighted by Gasteiger charge is -2.32. The summed E-state index contributed by atoms with van der Waals surface area (Å²) in [6.45, 7) is 2.09. The van der Waals surface area contributed by atoms with Gasteiger partial charge in [-0.2, -0.15) is 8.78 Å². The average Bonchev–Trinajstić information content (AvgIpc) is 2.69. The molecule has 1 aromatic heterocycles. The number of amides is 1. The molecule has 2 heterocycles. The van der Waals surface area contributed by atoms with E-state index in [1.165, 1.54) is 25.4 Å². The largest absolute Gasteiger partial charge is 0.494 e. The number of thioether (sulfide) groups is 1. The number of alkyl halides is 2. The Bertz CT molecular complexity index is 845. The standard InChI is InChI=1S/C20H22F3N3O2S/c1-28-17-5-4-13(11-16(17)21)12-26-9-6-14(7-10-26)25-18(27)15-3-2-8-24-19(15)29-20(22)23/h2-5,8,11,14,20H,6-7,9-10,12H2,1H3,(H,25,27). The summed E-state index contributed by atoms with van der Waals surface area (Å²) in [5.74, 6) is -3.20. The van der Waals surface area contributed by atoms with E-state index in [0.717, 1.165) is 31.5 Å². The normalized spacial score (nSPS) is 15.5. The van der Waals surface area contributed by atoms with Gasteiger partial charge in [-0.15, -0.1) is 0 Å². The summed E-state index contributed by atoms with van der Waals surface area (Å²) in [5, 5.41) is 2.94. The number of methoxy groups -OCH3 is 1. The molecule has 0 saturated carbocycles. The van der Waals surface area contributed by atoms with E-state index in [4.69, 9.17) is 4.74 Å². The summed E-state index contributed by atoms with van der Waals surface area (Å²) < 4.78 is 44.1. The first kappa shape index (κ1) is 21.4. The predicted octanol–water partition coefficient (Wildman–Crippen LogP) is 3.94. The van der Waals surface area contributed by atoms with Gasteiger partial charge in [-0.1, -0.05) is 6.07 Å². The molecule has 1 aliphatic rings. The van der Waals surface area contributed by atoms with E-state index >= 15 is 0 Å². The molecule has 0 bridgehead atoms. The third kappa shape index (κ3) is 5.86. The van der Waals surface area contributed by atoms with Crippen LogP contribution < -0.4 is 10.1 Å². The van der Waals surface area contributed by atoms with Gasteiger partial charge in [0.25, 0.3) is 11.7 Å². The van der Waals surface area contributed by atoms with E-state index in [2.05, 4.69) is 15.2 Å². The van der Waals surface area contributed by atoms with Crippen molar-refractivity contribution < 1.29 is 22.7 Å². The van der Waals surface area contributed by atoms with E-state index < -0.39 is 11.7 Å². The zero-order valence-electron chi connectivity index (χ0n) is 15.9. The van der Waals surface area contributed by atoms with Crippen LogP contribution >= 0.6 is 11.8 Å². The number of hydrogen-bond donors (Lipinski definition) is 1. The number of likely N-dealkylation sites (tertiary alicyclic amines) is 1. The molecular weight excluding hydrogens is 403 g/mol. The Labute approximate surface area is 171 Å². The maximum absolute atomic E-state index is 13.8. The van der Waals surface area contributed by atoms with Crippen molar-refractivity contribution in [2.45, 2.75) is 36.2 Å². The Morgan fingerprint density at radius 1 is 1.34 bits per heavy atom. The lowest BCUT2D eigenvalue weighted by atomic mass is 10.0. The first-order valence-electron chi connectivity index (χ1n) is 9.21. The molecule has 0 radical (unpaired) electrons. The van der Waals surface area contributed by atoms with Crippen LogP contribution in [0.25, 0.3) is 0 Å². The summed E-state index contributed by atoms with van der Waals surface area (Å²) in [7, 11) is 1.43. The molecule has 0 atom stereocenters. The van der Waals surface area contributed by atoms with E-state index in [1.807, 2.05) is 6.07 Å². The van der Waals surface area contributed by atoms with Gasteiger partial charge in [0.1, 0.15) is 5.03 Å². The van der Waals surface area contributed by atoms with E-state index in [0.29, 0.717) is 6.54 Å². The summed E-state index contributed by atoms with van der Waals surface area (Å²) in [4.78, 5) is 18.6. The van der Waals surface area contributed by atoms with Crippen molar-refractivity contribution in [3.8, 4) is 5.75 Å². The lowest BCUT2D eigenvalue weighted by molar-refractivity contribution is 0.0905. The number of carbonyl (C=O) groups is 1. The molecule has 1 aromatic carbocycles. The van der Waals surface area contributed by atoms with Crippen LogP contribution in [0.5, 0.6) is 5.75 Å². The topological polar surface area (TPSA) is 54.5 Å². The fourth-order valence-electron chi connectivity index (χ4n) is 3.31. The SMILES string of the molecule is COc1ccc(CN2CCC(NC(=O)c3cccnc3SC(F)F)CC2)cc1F. The molecule has 9 heteroatoms. The second-order valence-corrected chi connectivity index (χ2v) is 7.71. The summed E-state index contributed by atoms with van der Waals surface area (Å²) in [6.07, 6.45) is 2.84. The molecule has 1 saturated heterocycles. The van der Waals surface area contributed by atoms with Gasteiger partial charge < -0.3 is 10.1 Å². The van der Waals surface area contributed by atoms with Gasteiger partial charge in [0, 0.05) is 31.9 Å². The maximum Gasteiger partial charge on any atom is 0.290 e. The van der Waals surface area contributed by atoms with E-state index in [-0.39, 0.29) is 40.0 Å². The minimum atomic E-state index is -2.64. The van der Waals surface area contributed by atoms with E-state index in [9.17, 15) is 18.0 Å². The number of nitrogens with one attached hydrogen (secondary N) is 1. The van der Waals surface area contributed by atoms with Crippen LogP contribution in [0.2, 0.25) is 0 Å². The highest BCUT2D eigenvalue weighted by Crippen LogP contribution is 2.26. The molecule has 3 rings (SSSR count). The minimum Gasteiger partial charge on any atom is -0.494 e. The molecule has 1 fully saturated rings. The number of carbonyl (C=O) groups excluding carboxylic acids is 1. The molecule has 29 heavy (non-hydrogen) atoms. The molecule has 1 amide bonds. The van der Waals surface area contributed by atoms with Crippen LogP contribution in [0.1, 0.15) is 28.8 Å². The van der Waals surface area contributed by atoms with Crippen LogP contribution in [-0.4, -0.2) is 47.8 Å². The fourth-order valence-corrected chi connectivity index (χ4v) is 3.89. The Morgan fingerprint density at radius 3 is 2.76 bits per heavy atom. The number of nitrogens with zero attached hydrogens (tertiary/aromatic N) is 2. The third-order valence-corrected chi connectivity index (χ3v) is 5.49. The average molecular weight is 425 g/mol. The highest BCUT2D eigenvalue weighted by molar-refractivity contribution is 7.99. The zero-order chi connectivity index (χ0) is 20.8. The molecule has 2 aromatic rings. The van der Waals surface area contributed by atoms with Crippen LogP contribution in [-0.2, 0) is 6.54 Å². The number of halogens is 3. The van der Waals surface area contributed by atoms with Gasteiger partial charge in [-0.25, -0.2) is 9.37 Å². The van der Waals surface area contributed by atoms with Crippen molar-refractivity contribution in [3.05, 3.63) is 53.5 Å². The monoisotopic (exact) mass is 425 g/mol. The summed E-state index contributed by atoms with van der Waals surface area (Å²) >= 11 is 0.268.